The summed E-state index contributed by atoms with van der Waals surface area (Å²) in [6, 6.07) is 19.7. The standard InChI is InChI=1S/C22H19ClN2O4S/c1-29-21-9-5-2-6-16(21)10-15-22(26)24-17-11-13-18(14-12-17)30(27,28)25-20-8-4-3-7-19(20)23/h2-15,25H,1H3,(H,24,26)/b15-10+. The minimum Gasteiger partial charge on any atom is -0.496 e. The van der Waals surface area contributed by atoms with Gasteiger partial charge in [-0.25, -0.2) is 8.42 Å². The fourth-order valence-electron chi connectivity index (χ4n) is 2.62. The van der Waals surface area contributed by atoms with Crippen molar-refractivity contribution in [1.29, 1.82) is 0 Å². The predicted molar refractivity (Wildman–Crippen MR) is 119 cm³/mol. The van der Waals surface area contributed by atoms with E-state index >= 15 is 0 Å². The molecule has 154 valence electrons. The Labute approximate surface area is 180 Å². The summed E-state index contributed by atoms with van der Waals surface area (Å²) in [5.74, 6) is 0.299. The summed E-state index contributed by atoms with van der Waals surface area (Å²) in [6.45, 7) is 0. The van der Waals surface area contributed by atoms with Crippen LogP contribution in [0, 0.1) is 0 Å². The quantitative estimate of drug-likeness (QED) is 0.514. The largest absolute Gasteiger partial charge is 0.496 e. The van der Waals surface area contributed by atoms with E-state index in [1.54, 1.807) is 43.5 Å². The summed E-state index contributed by atoms with van der Waals surface area (Å²) in [5, 5.41) is 2.98. The van der Waals surface area contributed by atoms with Crippen molar-refractivity contribution in [2.45, 2.75) is 4.90 Å². The fourth-order valence-corrected chi connectivity index (χ4v) is 3.94. The van der Waals surface area contributed by atoms with E-state index in [1.165, 1.54) is 30.3 Å². The molecule has 8 heteroatoms. The molecule has 0 unspecified atom stereocenters. The van der Waals surface area contributed by atoms with Gasteiger partial charge in [-0.2, -0.15) is 0 Å². The molecule has 0 aliphatic heterocycles. The van der Waals surface area contributed by atoms with Gasteiger partial charge in [-0.3, -0.25) is 9.52 Å². The van der Waals surface area contributed by atoms with Crippen molar-refractivity contribution < 1.29 is 17.9 Å². The molecule has 6 nitrogen and oxygen atoms in total. The number of methoxy groups -OCH3 is 1. The molecular weight excluding hydrogens is 424 g/mol. The zero-order chi connectivity index (χ0) is 21.6. The summed E-state index contributed by atoms with van der Waals surface area (Å²) in [4.78, 5) is 12.2. The highest BCUT2D eigenvalue weighted by atomic mass is 35.5. The molecule has 0 atom stereocenters. The molecule has 0 aromatic heterocycles. The first-order chi connectivity index (χ1) is 14.4. The number of anilines is 2. The third-order valence-electron chi connectivity index (χ3n) is 4.10. The molecule has 0 saturated carbocycles. The van der Waals surface area contributed by atoms with Crippen LogP contribution in [0.2, 0.25) is 5.02 Å². The van der Waals surface area contributed by atoms with Crippen LogP contribution >= 0.6 is 11.6 Å². The first-order valence-corrected chi connectivity index (χ1v) is 10.7. The zero-order valence-electron chi connectivity index (χ0n) is 16.0. The molecule has 3 aromatic rings. The van der Waals surface area contributed by atoms with Crippen molar-refractivity contribution in [2.24, 2.45) is 0 Å². The van der Waals surface area contributed by atoms with E-state index in [0.717, 1.165) is 5.56 Å². The molecule has 0 spiro atoms. The second-order valence-corrected chi connectivity index (χ2v) is 8.26. The molecule has 0 aliphatic rings. The maximum Gasteiger partial charge on any atom is 0.261 e. The number of carbonyl (C=O) groups is 1. The third-order valence-corrected chi connectivity index (χ3v) is 5.81. The van der Waals surface area contributed by atoms with E-state index in [2.05, 4.69) is 10.0 Å². The number of hydrogen-bond donors (Lipinski definition) is 2. The lowest BCUT2D eigenvalue weighted by Crippen LogP contribution is -2.13. The highest BCUT2D eigenvalue weighted by Crippen LogP contribution is 2.24. The Bertz CT molecular complexity index is 1180. The molecule has 0 heterocycles. The van der Waals surface area contributed by atoms with Crippen LogP contribution in [0.3, 0.4) is 0 Å². The number of hydrogen-bond acceptors (Lipinski definition) is 4. The molecule has 30 heavy (non-hydrogen) atoms. The molecule has 0 saturated heterocycles. The number of amides is 1. The van der Waals surface area contributed by atoms with Crippen molar-refractivity contribution in [2.75, 3.05) is 17.1 Å². The van der Waals surface area contributed by atoms with Crippen molar-refractivity contribution in [3.05, 3.63) is 89.5 Å². The minimum absolute atomic E-state index is 0.0463. The second-order valence-electron chi connectivity index (χ2n) is 6.17. The average molecular weight is 443 g/mol. The zero-order valence-corrected chi connectivity index (χ0v) is 17.6. The Morgan fingerprint density at radius 3 is 2.33 bits per heavy atom. The number of para-hydroxylation sites is 2. The highest BCUT2D eigenvalue weighted by molar-refractivity contribution is 7.92. The van der Waals surface area contributed by atoms with E-state index in [4.69, 9.17) is 16.3 Å². The lowest BCUT2D eigenvalue weighted by atomic mass is 10.2. The monoisotopic (exact) mass is 442 g/mol. The highest BCUT2D eigenvalue weighted by Gasteiger charge is 2.15. The summed E-state index contributed by atoms with van der Waals surface area (Å²) in [6.07, 6.45) is 3.02. The van der Waals surface area contributed by atoms with Crippen LogP contribution in [0.5, 0.6) is 5.75 Å². The molecular formula is C22H19ClN2O4S. The van der Waals surface area contributed by atoms with E-state index in [0.29, 0.717) is 16.5 Å². The van der Waals surface area contributed by atoms with Gasteiger partial charge in [-0.1, -0.05) is 41.9 Å². The van der Waals surface area contributed by atoms with Gasteiger partial charge in [-0.05, 0) is 48.5 Å². The Morgan fingerprint density at radius 1 is 0.967 bits per heavy atom. The van der Waals surface area contributed by atoms with Gasteiger partial charge in [0, 0.05) is 17.3 Å². The van der Waals surface area contributed by atoms with Gasteiger partial charge in [-0.15, -0.1) is 0 Å². The van der Waals surface area contributed by atoms with Gasteiger partial charge < -0.3 is 10.1 Å². The Morgan fingerprint density at radius 2 is 1.63 bits per heavy atom. The number of benzene rings is 3. The van der Waals surface area contributed by atoms with E-state index in [1.807, 2.05) is 18.2 Å². The van der Waals surface area contributed by atoms with E-state index in [-0.39, 0.29) is 16.5 Å². The summed E-state index contributed by atoms with van der Waals surface area (Å²) in [7, 11) is -2.25. The van der Waals surface area contributed by atoms with Crippen molar-refractivity contribution in [3.8, 4) is 5.75 Å². The van der Waals surface area contributed by atoms with Gasteiger partial charge >= 0.3 is 0 Å². The van der Waals surface area contributed by atoms with Crippen LogP contribution in [-0.4, -0.2) is 21.4 Å². The van der Waals surface area contributed by atoms with Crippen LogP contribution in [-0.2, 0) is 14.8 Å². The topological polar surface area (TPSA) is 84.5 Å². The Balaban J connectivity index is 1.67. The number of halogens is 1. The fraction of sp³-hybridized carbons (Fsp3) is 0.0455. The Hall–Kier alpha value is -3.29. The first kappa shape index (κ1) is 21.4. The second kappa shape index (κ2) is 9.47. The lowest BCUT2D eigenvalue weighted by molar-refractivity contribution is -0.111. The molecule has 3 aromatic carbocycles. The van der Waals surface area contributed by atoms with Crippen molar-refractivity contribution in [3.63, 3.8) is 0 Å². The molecule has 3 rings (SSSR count). The van der Waals surface area contributed by atoms with Gasteiger partial charge in [0.1, 0.15) is 5.75 Å². The van der Waals surface area contributed by atoms with Crippen LogP contribution in [0.4, 0.5) is 11.4 Å². The van der Waals surface area contributed by atoms with Gasteiger partial charge in [0.05, 0.1) is 22.7 Å². The minimum atomic E-state index is -3.81. The lowest BCUT2D eigenvalue weighted by Gasteiger charge is -2.10. The van der Waals surface area contributed by atoms with Crippen LogP contribution in [0.15, 0.2) is 83.8 Å². The smallest absolute Gasteiger partial charge is 0.261 e. The average Bonchev–Trinajstić information content (AvgIpc) is 2.74. The molecule has 1 amide bonds. The Kier molecular flexibility index (Phi) is 6.76. The maximum absolute atomic E-state index is 12.5. The number of sulfonamides is 1. The van der Waals surface area contributed by atoms with Crippen molar-refractivity contribution in [1.82, 2.24) is 0 Å². The summed E-state index contributed by atoms with van der Waals surface area (Å²) in [5.41, 5.74) is 1.52. The number of rotatable bonds is 7. The number of ether oxygens (including phenoxy) is 1. The van der Waals surface area contributed by atoms with Gasteiger partial charge in [0.2, 0.25) is 5.91 Å². The predicted octanol–water partition coefficient (Wildman–Crippen LogP) is 4.80. The van der Waals surface area contributed by atoms with Crippen LogP contribution in [0.1, 0.15) is 5.56 Å². The summed E-state index contributed by atoms with van der Waals surface area (Å²) < 4.78 is 32.7. The molecule has 0 radical (unpaired) electrons. The van der Waals surface area contributed by atoms with Gasteiger partial charge in [0.15, 0.2) is 0 Å². The van der Waals surface area contributed by atoms with E-state index in [9.17, 15) is 13.2 Å². The van der Waals surface area contributed by atoms with Crippen LogP contribution < -0.4 is 14.8 Å². The first-order valence-electron chi connectivity index (χ1n) is 8.88. The van der Waals surface area contributed by atoms with Crippen LogP contribution in [0.25, 0.3) is 6.08 Å². The molecule has 0 bridgehead atoms. The van der Waals surface area contributed by atoms with E-state index < -0.39 is 10.0 Å². The van der Waals surface area contributed by atoms with Crippen molar-refractivity contribution >= 4 is 45.0 Å². The third kappa shape index (κ3) is 5.40. The summed E-state index contributed by atoms with van der Waals surface area (Å²) >= 11 is 6.00. The van der Waals surface area contributed by atoms with Gasteiger partial charge in [0.25, 0.3) is 10.0 Å². The molecule has 2 N–H and O–H groups in total. The molecule has 0 aliphatic carbocycles. The normalized spacial score (nSPS) is 11.3. The molecule has 0 fully saturated rings. The number of nitrogens with one attached hydrogen (secondary N) is 2. The SMILES string of the molecule is COc1ccccc1/C=C/C(=O)Nc1ccc(S(=O)(=O)Nc2ccccc2Cl)cc1. The maximum atomic E-state index is 12.5. The number of carbonyl (C=O) groups excluding carboxylic acids is 1.